The van der Waals surface area contributed by atoms with Gasteiger partial charge in [0.15, 0.2) is 0 Å². The van der Waals surface area contributed by atoms with Crippen molar-refractivity contribution >= 4 is 5.69 Å². The van der Waals surface area contributed by atoms with Crippen LogP contribution in [0.1, 0.15) is 29.7 Å². The molecule has 0 aromatic carbocycles. The molecule has 0 aliphatic carbocycles. The highest BCUT2D eigenvalue weighted by atomic mass is 16.5. The molecule has 0 saturated carbocycles. The van der Waals surface area contributed by atoms with Crippen molar-refractivity contribution in [2.75, 3.05) is 26.0 Å². The second kappa shape index (κ2) is 5.67. The van der Waals surface area contributed by atoms with Crippen molar-refractivity contribution in [3.8, 4) is 0 Å². The molecule has 1 aliphatic heterocycles. The van der Waals surface area contributed by atoms with E-state index >= 15 is 0 Å². The maximum Gasteiger partial charge on any atom is 0.0593 e. The summed E-state index contributed by atoms with van der Waals surface area (Å²) in [7, 11) is 2.16. The highest BCUT2D eigenvalue weighted by molar-refractivity contribution is 5.53. The third-order valence-electron chi connectivity index (χ3n) is 3.89. The maximum absolute atomic E-state index is 6.06. The summed E-state index contributed by atoms with van der Waals surface area (Å²) in [6.07, 6.45) is 4.09. The van der Waals surface area contributed by atoms with Gasteiger partial charge in [0.05, 0.1) is 5.69 Å². The molecule has 0 unspecified atom stereocenters. The van der Waals surface area contributed by atoms with Crippen LogP contribution in [0.25, 0.3) is 0 Å². The van der Waals surface area contributed by atoms with Crippen LogP contribution >= 0.6 is 0 Å². The number of rotatable bonds is 3. The fourth-order valence-corrected chi connectivity index (χ4v) is 2.44. The number of ether oxygens (including phenoxy) is 1. The molecule has 100 valence electrons. The average molecular weight is 249 g/mol. The van der Waals surface area contributed by atoms with E-state index in [0.717, 1.165) is 55.1 Å². The number of nitrogens with two attached hydrogens (primary N) is 1. The molecular formula is C14H23N3O. The van der Waals surface area contributed by atoms with Crippen LogP contribution in [0, 0.1) is 13.8 Å². The summed E-state index contributed by atoms with van der Waals surface area (Å²) < 4.78 is 5.40. The number of nitrogen functional groups attached to an aromatic ring is 1. The Hall–Kier alpha value is -1.13. The first-order chi connectivity index (χ1) is 8.59. The average Bonchev–Trinajstić information content (AvgIpc) is 2.40. The highest BCUT2D eigenvalue weighted by Gasteiger charge is 2.19. The molecule has 2 rings (SSSR count). The monoisotopic (exact) mass is 249 g/mol. The summed E-state index contributed by atoms with van der Waals surface area (Å²) in [5, 5.41) is 0. The molecule has 2 N–H and O–H groups in total. The van der Waals surface area contributed by atoms with Crippen LogP contribution in [-0.2, 0) is 11.3 Å². The van der Waals surface area contributed by atoms with Crippen LogP contribution in [0.5, 0.6) is 0 Å². The first kappa shape index (κ1) is 13.3. The van der Waals surface area contributed by atoms with Crippen molar-refractivity contribution in [1.82, 2.24) is 9.88 Å². The Morgan fingerprint density at radius 1 is 1.39 bits per heavy atom. The first-order valence-electron chi connectivity index (χ1n) is 6.58. The predicted molar refractivity (Wildman–Crippen MR) is 73.4 cm³/mol. The van der Waals surface area contributed by atoms with Gasteiger partial charge in [-0.2, -0.15) is 0 Å². The SMILES string of the molecule is Cc1cnc(CN(C)C2CCOCC2)c(C)c1N. The Kier molecular flexibility index (Phi) is 4.19. The normalized spacial score (nSPS) is 17.3. The third kappa shape index (κ3) is 2.82. The fraction of sp³-hybridized carbons (Fsp3) is 0.643. The zero-order chi connectivity index (χ0) is 13.1. The van der Waals surface area contributed by atoms with Crippen molar-refractivity contribution in [3.63, 3.8) is 0 Å². The molecule has 0 spiro atoms. The molecule has 1 aromatic heterocycles. The van der Waals surface area contributed by atoms with Crippen LogP contribution in [-0.4, -0.2) is 36.2 Å². The minimum absolute atomic E-state index is 0.600. The molecular weight excluding hydrogens is 226 g/mol. The lowest BCUT2D eigenvalue weighted by molar-refractivity contribution is 0.0403. The van der Waals surface area contributed by atoms with E-state index in [1.54, 1.807) is 0 Å². The van der Waals surface area contributed by atoms with Crippen LogP contribution in [0.15, 0.2) is 6.20 Å². The Balaban J connectivity index is 2.06. The summed E-state index contributed by atoms with van der Waals surface area (Å²) >= 11 is 0. The van der Waals surface area contributed by atoms with Crippen LogP contribution < -0.4 is 5.73 Å². The van der Waals surface area contributed by atoms with Crippen LogP contribution in [0.3, 0.4) is 0 Å². The second-order valence-electron chi connectivity index (χ2n) is 5.19. The summed E-state index contributed by atoms with van der Waals surface area (Å²) in [5.74, 6) is 0. The van der Waals surface area contributed by atoms with E-state index in [9.17, 15) is 0 Å². The predicted octanol–water partition coefficient (Wildman–Crippen LogP) is 1.89. The smallest absolute Gasteiger partial charge is 0.0593 e. The second-order valence-corrected chi connectivity index (χ2v) is 5.19. The summed E-state index contributed by atoms with van der Waals surface area (Å²) in [6, 6.07) is 0.600. The lowest BCUT2D eigenvalue weighted by atomic mass is 10.1. The minimum atomic E-state index is 0.600. The van der Waals surface area contributed by atoms with E-state index < -0.39 is 0 Å². The van der Waals surface area contributed by atoms with Gasteiger partial charge in [0.25, 0.3) is 0 Å². The zero-order valence-electron chi connectivity index (χ0n) is 11.6. The third-order valence-corrected chi connectivity index (χ3v) is 3.89. The Bertz CT molecular complexity index is 414. The van der Waals surface area contributed by atoms with Gasteiger partial charge < -0.3 is 10.5 Å². The van der Waals surface area contributed by atoms with Crippen molar-refractivity contribution in [2.24, 2.45) is 0 Å². The number of hydrogen-bond donors (Lipinski definition) is 1. The number of nitrogens with zero attached hydrogens (tertiary/aromatic N) is 2. The van der Waals surface area contributed by atoms with E-state index in [4.69, 9.17) is 10.5 Å². The van der Waals surface area contributed by atoms with Gasteiger partial charge in [-0.15, -0.1) is 0 Å². The number of anilines is 1. The number of aryl methyl sites for hydroxylation is 1. The lowest BCUT2D eigenvalue weighted by Gasteiger charge is -2.31. The van der Waals surface area contributed by atoms with E-state index in [0.29, 0.717) is 6.04 Å². The Morgan fingerprint density at radius 2 is 2.06 bits per heavy atom. The van der Waals surface area contributed by atoms with E-state index in [1.165, 1.54) is 0 Å². The van der Waals surface area contributed by atoms with Gasteiger partial charge >= 0.3 is 0 Å². The Morgan fingerprint density at radius 3 is 2.72 bits per heavy atom. The highest BCUT2D eigenvalue weighted by Crippen LogP contribution is 2.21. The van der Waals surface area contributed by atoms with E-state index in [-0.39, 0.29) is 0 Å². The number of aromatic nitrogens is 1. The van der Waals surface area contributed by atoms with Gasteiger partial charge in [0, 0.05) is 37.7 Å². The molecule has 1 aliphatic rings. The Labute approximate surface area is 109 Å². The van der Waals surface area contributed by atoms with Gasteiger partial charge in [-0.1, -0.05) is 0 Å². The summed E-state index contributed by atoms with van der Waals surface area (Å²) in [6.45, 7) is 6.67. The van der Waals surface area contributed by atoms with Crippen molar-refractivity contribution in [3.05, 3.63) is 23.0 Å². The summed E-state index contributed by atoms with van der Waals surface area (Å²) in [5.41, 5.74) is 10.2. The van der Waals surface area contributed by atoms with Gasteiger partial charge in [0.1, 0.15) is 0 Å². The molecule has 4 nitrogen and oxygen atoms in total. The van der Waals surface area contributed by atoms with Gasteiger partial charge in [0.2, 0.25) is 0 Å². The molecule has 1 aromatic rings. The molecule has 0 atom stereocenters. The van der Waals surface area contributed by atoms with Crippen LogP contribution in [0.4, 0.5) is 5.69 Å². The first-order valence-corrected chi connectivity index (χ1v) is 6.58. The minimum Gasteiger partial charge on any atom is -0.398 e. The fourth-order valence-electron chi connectivity index (χ4n) is 2.44. The van der Waals surface area contributed by atoms with Crippen molar-refractivity contribution in [2.45, 2.75) is 39.3 Å². The molecule has 0 radical (unpaired) electrons. The standard InChI is InChI=1S/C14H23N3O/c1-10-8-16-13(11(2)14(10)15)9-17(3)12-4-6-18-7-5-12/h8,12H,4-7,9H2,1-3H3,(H2,15,16). The molecule has 0 amide bonds. The molecule has 2 heterocycles. The van der Waals surface area contributed by atoms with Crippen LogP contribution in [0.2, 0.25) is 0 Å². The largest absolute Gasteiger partial charge is 0.398 e. The van der Waals surface area contributed by atoms with Gasteiger partial charge in [-0.3, -0.25) is 9.88 Å². The molecule has 1 fully saturated rings. The van der Waals surface area contributed by atoms with Crippen molar-refractivity contribution < 1.29 is 4.74 Å². The quantitative estimate of drug-likeness (QED) is 0.889. The molecule has 18 heavy (non-hydrogen) atoms. The van der Waals surface area contributed by atoms with Gasteiger partial charge in [-0.05, 0) is 44.9 Å². The van der Waals surface area contributed by atoms with E-state index in [2.05, 4.69) is 23.9 Å². The maximum atomic E-state index is 6.06. The van der Waals surface area contributed by atoms with E-state index in [1.807, 2.05) is 13.1 Å². The number of pyridine rings is 1. The van der Waals surface area contributed by atoms with Gasteiger partial charge in [-0.25, -0.2) is 0 Å². The van der Waals surface area contributed by atoms with Crippen molar-refractivity contribution in [1.29, 1.82) is 0 Å². The molecule has 0 bridgehead atoms. The zero-order valence-corrected chi connectivity index (χ0v) is 11.6. The molecule has 4 heteroatoms. The topological polar surface area (TPSA) is 51.4 Å². The molecule has 1 saturated heterocycles. The number of hydrogen-bond acceptors (Lipinski definition) is 4. The lowest BCUT2D eigenvalue weighted by Crippen LogP contribution is -2.36. The summed E-state index contributed by atoms with van der Waals surface area (Å²) in [4.78, 5) is 6.89.